The lowest BCUT2D eigenvalue weighted by Gasteiger charge is -2.06. The summed E-state index contributed by atoms with van der Waals surface area (Å²) in [6.45, 7) is 0.575. The quantitative estimate of drug-likeness (QED) is 0.588. The zero-order valence-electron chi connectivity index (χ0n) is 9.31. The maximum absolute atomic E-state index is 10.3. The lowest BCUT2D eigenvalue weighted by atomic mass is 10.2. The maximum Gasteiger partial charge on any atom is 0.303 e. The van der Waals surface area contributed by atoms with Gasteiger partial charge in [0.1, 0.15) is 5.75 Å². The fourth-order valence-corrected chi connectivity index (χ4v) is 1.71. The van der Waals surface area contributed by atoms with Crippen LogP contribution in [-0.2, 0) is 4.79 Å². The SMILES string of the molecule is CSc1cccc(OCCCCC(=O)O)c1. The van der Waals surface area contributed by atoms with Crippen LogP contribution in [0.5, 0.6) is 5.75 Å². The van der Waals surface area contributed by atoms with Crippen LogP contribution in [0.15, 0.2) is 29.2 Å². The highest BCUT2D eigenvalue weighted by molar-refractivity contribution is 7.98. The molecule has 0 heterocycles. The number of thioether (sulfide) groups is 1. The van der Waals surface area contributed by atoms with Gasteiger partial charge in [-0.05, 0) is 37.3 Å². The Labute approximate surface area is 99.8 Å². The number of hydrogen-bond acceptors (Lipinski definition) is 3. The predicted octanol–water partition coefficient (Wildman–Crippen LogP) is 3.04. The Balaban J connectivity index is 2.23. The highest BCUT2D eigenvalue weighted by Crippen LogP contribution is 2.20. The van der Waals surface area contributed by atoms with Gasteiger partial charge in [0.15, 0.2) is 0 Å². The summed E-state index contributed by atoms with van der Waals surface area (Å²) in [5.41, 5.74) is 0. The average Bonchev–Trinajstić information content (AvgIpc) is 2.28. The van der Waals surface area contributed by atoms with E-state index < -0.39 is 5.97 Å². The number of carboxylic acid groups (broad SMARTS) is 1. The van der Waals surface area contributed by atoms with Crippen molar-refractivity contribution in [3.05, 3.63) is 24.3 Å². The molecule has 1 aromatic carbocycles. The van der Waals surface area contributed by atoms with E-state index in [0.717, 1.165) is 12.2 Å². The van der Waals surface area contributed by atoms with Crippen LogP contribution in [0.3, 0.4) is 0 Å². The van der Waals surface area contributed by atoms with Gasteiger partial charge in [-0.25, -0.2) is 0 Å². The van der Waals surface area contributed by atoms with Crippen LogP contribution in [0.25, 0.3) is 0 Å². The third-order valence-electron chi connectivity index (χ3n) is 2.09. The minimum Gasteiger partial charge on any atom is -0.494 e. The summed E-state index contributed by atoms with van der Waals surface area (Å²) in [5, 5.41) is 8.45. The first-order valence-electron chi connectivity index (χ1n) is 5.21. The van der Waals surface area contributed by atoms with Crippen molar-refractivity contribution in [2.24, 2.45) is 0 Å². The monoisotopic (exact) mass is 240 g/mol. The molecular weight excluding hydrogens is 224 g/mol. The minimum absolute atomic E-state index is 0.216. The van der Waals surface area contributed by atoms with Gasteiger partial charge in [-0.2, -0.15) is 0 Å². The smallest absolute Gasteiger partial charge is 0.303 e. The van der Waals surface area contributed by atoms with Crippen molar-refractivity contribution in [3.63, 3.8) is 0 Å². The number of benzene rings is 1. The van der Waals surface area contributed by atoms with Gasteiger partial charge in [-0.3, -0.25) is 4.79 Å². The van der Waals surface area contributed by atoms with E-state index >= 15 is 0 Å². The molecule has 16 heavy (non-hydrogen) atoms. The molecule has 0 aliphatic rings. The van der Waals surface area contributed by atoms with Gasteiger partial charge in [0.05, 0.1) is 6.61 Å². The standard InChI is InChI=1S/C12H16O3S/c1-16-11-6-4-5-10(9-11)15-8-3-2-7-12(13)14/h4-6,9H,2-3,7-8H2,1H3,(H,13,14). The molecule has 0 aromatic heterocycles. The highest BCUT2D eigenvalue weighted by atomic mass is 32.2. The van der Waals surface area contributed by atoms with E-state index in [9.17, 15) is 4.79 Å². The molecule has 0 amide bonds. The summed E-state index contributed by atoms with van der Waals surface area (Å²) in [5.74, 6) is 0.103. The topological polar surface area (TPSA) is 46.5 Å². The van der Waals surface area contributed by atoms with E-state index in [-0.39, 0.29) is 6.42 Å². The third kappa shape index (κ3) is 5.07. The van der Waals surface area contributed by atoms with Crippen molar-refractivity contribution >= 4 is 17.7 Å². The molecule has 0 radical (unpaired) electrons. The van der Waals surface area contributed by atoms with E-state index in [0.29, 0.717) is 13.0 Å². The molecule has 0 aliphatic heterocycles. The van der Waals surface area contributed by atoms with Gasteiger partial charge >= 0.3 is 5.97 Å². The summed E-state index contributed by atoms with van der Waals surface area (Å²) in [4.78, 5) is 11.4. The van der Waals surface area contributed by atoms with Crippen LogP contribution in [0.1, 0.15) is 19.3 Å². The van der Waals surface area contributed by atoms with Crippen molar-refractivity contribution in [2.75, 3.05) is 12.9 Å². The van der Waals surface area contributed by atoms with Crippen LogP contribution in [0.4, 0.5) is 0 Å². The molecule has 1 aromatic rings. The predicted molar refractivity (Wildman–Crippen MR) is 65.2 cm³/mol. The van der Waals surface area contributed by atoms with Gasteiger partial charge in [-0.15, -0.1) is 11.8 Å². The molecule has 88 valence electrons. The maximum atomic E-state index is 10.3. The Kier molecular flexibility index (Phi) is 5.78. The molecule has 0 fully saturated rings. The molecule has 4 heteroatoms. The molecule has 0 atom stereocenters. The third-order valence-corrected chi connectivity index (χ3v) is 2.82. The van der Waals surface area contributed by atoms with Crippen molar-refractivity contribution in [3.8, 4) is 5.75 Å². The van der Waals surface area contributed by atoms with Crippen molar-refractivity contribution < 1.29 is 14.6 Å². The molecule has 0 aliphatic carbocycles. The van der Waals surface area contributed by atoms with Crippen molar-refractivity contribution in [1.29, 1.82) is 0 Å². The Morgan fingerprint density at radius 2 is 2.25 bits per heavy atom. The summed E-state index contributed by atoms with van der Waals surface area (Å²) >= 11 is 1.67. The molecule has 0 unspecified atom stereocenters. The molecule has 0 bridgehead atoms. The highest BCUT2D eigenvalue weighted by Gasteiger charge is 1.98. The number of carbonyl (C=O) groups is 1. The van der Waals surface area contributed by atoms with Gasteiger partial charge in [0.25, 0.3) is 0 Å². The second kappa shape index (κ2) is 7.17. The van der Waals surface area contributed by atoms with E-state index in [2.05, 4.69) is 0 Å². The summed E-state index contributed by atoms with van der Waals surface area (Å²) < 4.78 is 5.52. The minimum atomic E-state index is -0.746. The summed E-state index contributed by atoms with van der Waals surface area (Å²) in [6, 6.07) is 7.89. The zero-order chi connectivity index (χ0) is 11.8. The van der Waals surface area contributed by atoms with Gasteiger partial charge in [0.2, 0.25) is 0 Å². The fraction of sp³-hybridized carbons (Fsp3) is 0.417. The fourth-order valence-electron chi connectivity index (χ4n) is 1.26. The molecule has 3 nitrogen and oxygen atoms in total. The molecule has 0 saturated heterocycles. The van der Waals surface area contributed by atoms with Crippen LogP contribution < -0.4 is 4.74 Å². The van der Waals surface area contributed by atoms with Crippen LogP contribution >= 0.6 is 11.8 Å². The first kappa shape index (κ1) is 12.9. The van der Waals surface area contributed by atoms with Gasteiger partial charge < -0.3 is 9.84 Å². The number of carboxylic acids is 1. The second-order valence-corrected chi connectivity index (χ2v) is 4.26. The second-order valence-electron chi connectivity index (χ2n) is 3.38. The Bertz CT molecular complexity index is 339. The van der Waals surface area contributed by atoms with E-state index in [1.807, 2.05) is 30.5 Å². The molecule has 0 saturated carbocycles. The van der Waals surface area contributed by atoms with Crippen molar-refractivity contribution in [1.82, 2.24) is 0 Å². The average molecular weight is 240 g/mol. The first-order valence-corrected chi connectivity index (χ1v) is 6.43. The van der Waals surface area contributed by atoms with E-state index in [1.54, 1.807) is 11.8 Å². The number of hydrogen-bond donors (Lipinski definition) is 1. The Hall–Kier alpha value is -1.16. The van der Waals surface area contributed by atoms with E-state index in [1.165, 1.54) is 4.90 Å². The summed E-state index contributed by atoms with van der Waals surface area (Å²) in [7, 11) is 0. The number of unbranched alkanes of at least 4 members (excludes halogenated alkanes) is 1. The number of ether oxygens (including phenoxy) is 1. The number of aliphatic carboxylic acids is 1. The first-order chi connectivity index (χ1) is 7.72. The van der Waals surface area contributed by atoms with Crippen LogP contribution in [0.2, 0.25) is 0 Å². The lowest BCUT2D eigenvalue weighted by molar-refractivity contribution is -0.137. The normalized spacial score (nSPS) is 10.1. The largest absolute Gasteiger partial charge is 0.494 e. The Morgan fingerprint density at radius 3 is 2.94 bits per heavy atom. The van der Waals surface area contributed by atoms with Gasteiger partial charge in [-0.1, -0.05) is 6.07 Å². The molecule has 0 spiro atoms. The molecule has 1 N–H and O–H groups in total. The van der Waals surface area contributed by atoms with Crippen LogP contribution in [0, 0.1) is 0 Å². The lowest BCUT2D eigenvalue weighted by Crippen LogP contribution is -2.00. The molecular formula is C12H16O3S. The number of rotatable bonds is 7. The summed E-state index contributed by atoms with van der Waals surface area (Å²) in [6.07, 6.45) is 3.67. The molecule has 1 rings (SSSR count). The zero-order valence-corrected chi connectivity index (χ0v) is 10.1. The van der Waals surface area contributed by atoms with Crippen LogP contribution in [-0.4, -0.2) is 23.9 Å². The van der Waals surface area contributed by atoms with Gasteiger partial charge in [0, 0.05) is 11.3 Å². The Morgan fingerprint density at radius 1 is 1.44 bits per heavy atom. The van der Waals surface area contributed by atoms with E-state index in [4.69, 9.17) is 9.84 Å². The van der Waals surface area contributed by atoms with Crippen molar-refractivity contribution in [2.45, 2.75) is 24.2 Å².